The Morgan fingerprint density at radius 3 is 2.62 bits per heavy atom. The third-order valence-electron chi connectivity index (χ3n) is 5.81. The van der Waals surface area contributed by atoms with Crippen molar-refractivity contribution in [2.24, 2.45) is 0 Å². The Bertz CT molecular complexity index is 1110. The maximum Gasteiger partial charge on any atom is 0.262 e. The predicted octanol–water partition coefficient (Wildman–Crippen LogP) is 3.62. The zero-order valence-electron chi connectivity index (χ0n) is 19.0. The summed E-state index contributed by atoms with van der Waals surface area (Å²) in [5.74, 6) is -0.420. The number of hydrogen-bond donors (Lipinski definition) is 2. The molecule has 2 aromatic rings. The number of sulfonamides is 1. The number of carbonyl (C=O) groups excluding carboxylic acids is 2. The highest BCUT2D eigenvalue weighted by molar-refractivity contribution is 7.92. The highest BCUT2D eigenvalue weighted by Gasteiger charge is 2.35. The number of hydrogen-bond acceptors (Lipinski definition) is 4. The van der Waals surface area contributed by atoms with Crippen LogP contribution in [0.5, 0.6) is 0 Å². The Kier molecular flexibility index (Phi) is 7.23. The normalized spacial score (nSPS) is 17.1. The Hall–Kier alpha value is -2.87. The Morgan fingerprint density at radius 1 is 1.16 bits per heavy atom. The summed E-state index contributed by atoms with van der Waals surface area (Å²) in [5, 5.41) is 2.95. The van der Waals surface area contributed by atoms with Crippen LogP contribution in [0.3, 0.4) is 0 Å². The van der Waals surface area contributed by atoms with Crippen molar-refractivity contribution in [1.29, 1.82) is 0 Å². The van der Waals surface area contributed by atoms with E-state index >= 15 is 0 Å². The second-order valence-electron chi connectivity index (χ2n) is 8.43. The van der Waals surface area contributed by atoms with Crippen molar-refractivity contribution in [3.8, 4) is 0 Å². The van der Waals surface area contributed by atoms with Crippen LogP contribution in [0.2, 0.25) is 0 Å². The van der Waals surface area contributed by atoms with Crippen LogP contribution in [-0.4, -0.2) is 43.8 Å². The van der Waals surface area contributed by atoms with E-state index in [1.807, 2.05) is 26.8 Å². The average molecular weight is 458 g/mol. The van der Waals surface area contributed by atoms with Crippen molar-refractivity contribution in [2.75, 3.05) is 11.3 Å². The van der Waals surface area contributed by atoms with E-state index in [0.29, 0.717) is 29.8 Å². The van der Waals surface area contributed by atoms with Crippen LogP contribution < -0.4 is 10.0 Å². The summed E-state index contributed by atoms with van der Waals surface area (Å²) in [6, 6.07) is 11.2. The van der Waals surface area contributed by atoms with Crippen molar-refractivity contribution in [2.45, 2.75) is 63.9 Å². The van der Waals surface area contributed by atoms with E-state index in [-0.39, 0.29) is 22.8 Å². The molecule has 32 heavy (non-hydrogen) atoms. The van der Waals surface area contributed by atoms with Crippen LogP contribution in [0.1, 0.15) is 54.6 Å². The third-order valence-corrected chi connectivity index (χ3v) is 7.34. The van der Waals surface area contributed by atoms with Gasteiger partial charge in [-0.1, -0.05) is 25.1 Å². The first-order valence-electron chi connectivity index (χ1n) is 10.9. The van der Waals surface area contributed by atoms with Gasteiger partial charge < -0.3 is 10.2 Å². The molecule has 3 rings (SSSR count). The molecule has 0 radical (unpaired) electrons. The first-order valence-corrected chi connectivity index (χ1v) is 12.4. The number of likely N-dealkylation sites (tertiary alicyclic amines) is 1. The van der Waals surface area contributed by atoms with Crippen molar-refractivity contribution < 1.29 is 18.0 Å². The van der Waals surface area contributed by atoms with Gasteiger partial charge in [-0.25, -0.2) is 8.42 Å². The molecule has 1 aliphatic rings. The summed E-state index contributed by atoms with van der Waals surface area (Å²) < 4.78 is 28.4. The zero-order valence-corrected chi connectivity index (χ0v) is 19.8. The number of nitrogens with zero attached hydrogens (tertiary/aromatic N) is 1. The van der Waals surface area contributed by atoms with Gasteiger partial charge in [0.25, 0.3) is 15.9 Å². The van der Waals surface area contributed by atoms with Crippen molar-refractivity contribution >= 4 is 27.5 Å². The number of rotatable bonds is 7. The van der Waals surface area contributed by atoms with Gasteiger partial charge >= 0.3 is 0 Å². The van der Waals surface area contributed by atoms with Crippen LogP contribution in [0.25, 0.3) is 0 Å². The van der Waals surface area contributed by atoms with Gasteiger partial charge in [-0.2, -0.15) is 0 Å². The molecular formula is C24H31N3O4S. The van der Waals surface area contributed by atoms with Crippen molar-refractivity contribution in [3.05, 3.63) is 59.2 Å². The lowest BCUT2D eigenvalue weighted by atomic mass is 10.1. The molecule has 0 saturated carbocycles. The highest BCUT2D eigenvalue weighted by Crippen LogP contribution is 2.24. The molecule has 172 valence electrons. The number of carbonyl (C=O) groups is 2. The monoisotopic (exact) mass is 457 g/mol. The predicted molar refractivity (Wildman–Crippen MR) is 125 cm³/mol. The van der Waals surface area contributed by atoms with Gasteiger partial charge in [-0.05, 0) is 75.4 Å². The molecule has 0 unspecified atom stereocenters. The SMILES string of the molecule is CC[C@H](C)NC(=O)[C@@H]1CCCN1C(=O)c1cccc(NS(=O)(=O)c2cc(C)ccc2C)c1. The fourth-order valence-electron chi connectivity index (χ4n) is 3.81. The van der Waals surface area contributed by atoms with E-state index in [1.54, 1.807) is 42.2 Å². The van der Waals surface area contributed by atoms with Crippen LogP contribution >= 0.6 is 0 Å². The number of amides is 2. The van der Waals surface area contributed by atoms with Crippen LogP contribution in [-0.2, 0) is 14.8 Å². The molecule has 0 bridgehead atoms. The molecule has 2 atom stereocenters. The number of anilines is 1. The minimum absolute atomic E-state index is 0.0443. The molecule has 1 fully saturated rings. The molecule has 8 heteroatoms. The summed E-state index contributed by atoms with van der Waals surface area (Å²) in [7, 11) is -3.81. The largest absolute Gasteiger partial charge is 0.352 e. The molecule has 2 N–H and O–H groups in total. The molecule has 2 amide bonds. The number of benzene rings is 2. The van der Waals surface area contributed by atoms with E-state index in [9.17, 15) is 18.0 Å². The smallest absolute Gasteiger partial charge is 0.262 e. The van der Waals surface area contributed by atoms with Gasteiger partial charge in [0.2, 0.25) is 5.91 Å². The Labute approximate surface area is 190 Å². The minimum Gasteiger partial charge on any atom is -0.352 e. The highest BCUT2D eigenvalue weighted by atomic mass is 32.2. The van der Waals surface area contributed by atoms with Crippen molar-refractivity contribution in [3.63, 3.8) is 0 Å². The molecule has 0 aromatic heterocycles. The van der Waals surface area contributed by atoms with Crippen LogP contribution in [0.15, 0.2) is 47.4 Å². The molecule has 1 heterocycles. The topological polar surface area (TPSA) is 95.6 Å². The molecule has 7 nitrogen and oxygen atoms in total. The molecule has 0 spiro atoms. The van der Waals surface area contributed by atoms with Crippen LogP contribution in [0, 0.1) is 13.8 Å². The number of aryl methyl sites for hydroxylation is 2. The van der Waals surface area contributed by atoms with Gasteiger partial charge in [0.15, 0.2) is 0 Å². The fourth-order valence-corrected chi connectivity index (χ4v) is 5.19. The maximum atomic E-state index is 13.2. The minimum atomic E-state index is -3.81. The number of nitrogens with one attached hydrogen (secondary N) is 2. The van der Waals surface area contributed by atoms with Gasteiger partial charge in [0.1, 0.15) is 6.04 Å². The van der Waals surface area contributed by atoms with Crippen molar-refractivity contribution in [1.82, 2.24) is 10.2 Å². The maximum absolute atomic E-state index is 13.2. The van der Waals surface area contributed by atoms with Crippen LogP contribution in [0.4, 0.5) is 5.69 Å². The summed E-state index contributed by atoms with van der Waals surface area (Å²) >= 11 is 0. The van der Waals surface area contributed by atoms with Gasteiger partial charge in [-0.3, -0.25) is 14.3 Å². The Balaban J connectivity index is 1.80. The molecule has 1 saturated heterocycles. The van der Waals surface area contributed by atoms with E-state index in [1.165, 1.54) is 6.07 Å². The summed E-state index contributed by atoms with van der Waals surface area (Å²) in [4.78, 5) is 27.6. The Morgan fingerprint density at radius 2 is 1.91 bits per heavy atom. The lowest BCUT2D eigenvalue weighted by Crippen LogP contribution is -2.48. The van der Waals surface area contributed by atoms with E-state index in [4.69, 9.17) is 0 Å². The van der Waals surface area contributed by atoms with E-state index in [0.717, 1.165) is 18.4 Å². The first-order chi connectivity index (χ1) is 15.1. The second kappa shape index (κ2) is 9.73. The van der Waals surface area contributed by atoms with E-state index < -0.39 is 16.1 Å². The molecule has 1 aliphatic heterocycles. The summed E-state index contributed by atoms with van der Waals surface area (Å²) in [6.07, 6.45) is 2.19. The summed E-state index contributed by atoms with van der Waals surface area (Å²) in [6.45, 7) is 8.00. The molecular weight excluding hydrogens is 426 g/mol. The second-order valence-corrected chi connectivity index (χ2v) is 10.1. The van der Waals surface area contributed by atoms with E-state index in [2.05, 4.69) is 10.0 Å². The lowest BCUT2D eigenvalue weighted by molar-refractivity contribution is -0.125. The van der Waals surface area contributed by atoms with Gasteiger partial charge in [0, 0.05) is 23.8 Å². The lowest BCUT2D eigenvalue weighted by Gasteiger charge is -2.25. The van der Waals surface area contributed by atoms with Gasteiger partial charge in [0.05, 0.1) is 4.90 Å². The first kappa shape index (κ1) is 23.8. The standard InChI is InChI=1S/C24H31N3O4S/c1-5-18(4)25-23(28)21-10-7-13-27(21)24(29)19-8-6-9-20(15-19)26-32(30,31)22-14-16(2)11-12-17(22)3/h6,8-9,11-12,14-15,18,21,26H,5,7,10,13H2,1-4H3,(H,25,28)/t18-,21-/m0/s1. The fraction of sp³-hybridized carbons (Fsp3) is 0.417. The third kappa shape index (κ3) is 5.30. The summed E-state index contributed by atoms with van der Waals surface area (Å²) in [5.41, 5.74) is 2.13. The molecule has 0 aliphatic carbocycles. The zero-order chi connectivity index (χ0) is 23.5. The molecule has 2 aromatic carbocycles. The quantitative estimate of drug-likeness (QED) is 0.664. The van der Waals surface area contributed by atoms with Gasteiger partial charge in [-0.15, -0.1) is 0 Å². The average Bonchev–Trinajstić information content (AvgIpc) is 3.24.